The van der Waals surface area contributed by atoms with Crippen LogP contribution in [0.15, 0.2) is 12.3 Å². The molecule has 5 nitrogen and oxygen atoms in total. The van der Waals surface area contributed by atoms with E-state index in [2.05, 4.69) is 12.0 Å². The lowest BCUT2D eigenvalue weighted by molar-refractivity contribution is -0.130. The number of nitrogen functional groups attached to an aromatic ring is 1. The molecule has 1 aromatic rings. The minimum Gasteiger partial charge on any atom is -0.382 e. The summed E-state index contributed by atoms with van der Waals surface area (Å²) in [4.78, 5) is 14.0. The van der Waals surface area contributed by atoms with Crippen molar-refractivity contribution in [3.05, 3.63) is 12.3 Å². The van der Waals surface area contributed by atoms with Gasteiger partial charge in [-0.3, -0.25) is 9.48 Å². The molecule has 5 heteroatoms. The first-order valence-electron chi connectivity index (χ1n) is 7.25. The molecule has 2 heterocycles. The number of hydrogen-bond acceptors (Lipinski definition) is 3. The number of amides is 1. The number of carbonyl (C=O) groups is 1. The van der Waals surface area contributed by atoms with Gasteiger partial charge in [-0.2, -0.15) is 5.10 Å². The lowest BCUT2D eigenvalue weighted by Crippen LogP contribution is -2.31. The van der Waals surface area contributed by atoms with E-state index in [9.17, 15) is 4.79 Å². The first-order valence-corrected chi connectivity index (χ1v) is 7.25. The maximum Gasteiger partial charge on any atom is 0.222 e. The second-order valence-corrected chi connectivity index (χ2v) is 5.34. The van der Waals surface area contributed by atoms with Gasteiger partial charge in [-0.05, 0) is 31.2 Å². The van der Waals surface area contributed by atoms with Crippen LogP contribution in [0, 0.1) is 5.92 Å². The van der Waals surface area contributed by atoms with Crippen molar-refractivity contribution < 1.29 is 4.79 Å². The molecule has 106 valence electrons. The largest absolute Gasteiger partial charge is 0.382 e. The molecule has 0 radical (unpaired) electrons. The number of nitrogens with two attached hydrogens (primary N) is 1. The van der Waals surface area contributed by atoms with E-state index < -0.39 is 0 Å². The molecular weight excluding hydrogens is 240 g/mol. The number of carbonyl (C=O) groups excluding carboxylic acids is 1. The van der Waals surface area contributed by atoms with Crippen molar-refractivity contribution in [1.29, 1.82) is 0 Å². The van der Waals surface area contributed by atoms with E-state index in [1.807, 2.05) is 15.8 Å². The fourth-order valence-corrected chi connectivity index (χ4v) is 2.66. The first-order chi connectivity index (χ1) is 9.19. The molecule has 19 heavy (non-hydrogen) atoms. The van der Waals surface area contributed by atoms with Crippen LogP contribution in [0.5, 0.6) is 0 Å². The summed E-state index contributed by atoms with van der Waals surface area (Å²) in [5.74, 6) is 1.59. The normalized spacial score (nSPS) is 20.6. The smallest absolute Gasteiger partial charge is 0.222 e. The number of aryl methyl sites for hydroxylation is 1. The summed E-state index contributed by atoms with van der Waals surface area (Å²) in [6, 6.07) is 1.79. The van der Waals surface area contributed by atoms with Crippen LogP contribution in [0.1, 0.15) is 39.0 Å². The van der Waals surface area contributed by atoms with Crippen LogP contribution in [-0.2, 0) is 11.3 Å². The van der Waals surface area contributed by atoms with Gasteiger partial charge < -0.3 is 10.6 Å². The maximum atomic E-state index is 12.0. The molecule has 1 aliphatic heterocycles. The summed E-state index contributed by atoms with van der Waals surface area (Å²) in [7, 11) is 0. The van der Waals surface area contributed by atoms with E-state index in [-0.39, 0.29) is 0 Å². The Morgan fingerprint density at radius 1 is 1.42 bits per heavy atom. The summed E-state index contributed by atoms with van der Waals surface area (Å²) in [6.07, 6.45) is 6.93. The van der Waals surface area contributed by atoms with Crippen LogP contribution in [0.4, 0.5) is 5.82 Å². The highest BCUT2D eigenvalue weighted by molar-refractivity contribution is 5.76. The predicted molar refractivity (Wildman–Crippen MR) is 75.5 cm³/mol. The van der Waals surface area contributed by atoms with Crippen LogP contribution in [0.25, 0.3) is 0 Å². The zero-order valence-corrected chi connectivity index (χ0v) is 11.7. The van der Waals surface area contributed by atoms with Gasteiger partial charge in [-0.15, -0.1) is 0 Å². The van der Waals surface area contributed by atoms with E-state index in [0.29, 0.717) is 18.1 Å². The molecule has 0 saturated carbocycles. The third kappa shape index (κ3) is 3.98. The molecule has 1 unspecified atom stereocenters. The lowest BCUT2D eigenvalue weighted by atomic mass is 9.98. The van der Waals surface area contributed by atoms with Crippen LogP contribution in [-0.4, -0.2) is 33.7 Å². The van der Waals surface area contributed by atoms with Crippen molar-refractivity contribution in [2.45, 2.75) is 45.6 Å². The second kappa shape index (κ2) is 6.59. The van der Waals surface area contributed by atoms with Gasteiger partial charge >= 0.3 is 0 Å². The van der Waals surface area contributed by atoms with E-state index in [1.54, 1.807) is 6.07 Å². The standard InChI is InChI=1S/C14H24N4O/c1-2-12-4-5-14(19)17(10-6-12)8-3-9-18-11-7-13(15)16-18/h7,11-12H,2-6,8-10H2,1H3,(H2,15,16). The molecule has 1 saturated heterocycles. The molecule has 0 aromatic carbocycles. The summed E-state index contributed by atoms with van der Waals surface area (Å²) >= 11 is 0. The van der Waals surface area contributed by atoms with E-state index in [4.69, 9.17) is 5.73 Å². The highest BCUT2D eigenvalue weighted by atomic mass is 16.2. The average Bonchev–Trinajstić information content (AvgIpc) is 2.73. The Morgan fingerprint density at radius 3 is 2.95 bits per heavy atom. The number of hydrogen-bond donors (Lipinski definition) is 1. The third-order valence-corrected chi connectivity index (χ3v) is 3.98. The van der Waals surface area contributed by atoms with Gasteiger partial charge in [0.15, 0.2) is 0 Å². The van der Waals surface area contributed by atoms with Crippen LogP contribution in [0.3, 0.4) is 0 Å². The van der Waals surface area contributed by atoms with Gasteiger partial charge in [0, 0.05) is 32.3 Å². The third-order valence-electron chi connectivity index (χ3n) is 3.98. The van der Waals surface area contributed by atoms with Crippen molar-refractivity contribution in [2.24, 2.45) is 5.92 Å². The first kappa shape index (κ1) is 13.9. The topological polar surface area (TPSA) is 64.2 Å². The fourth-order valence-electron chi connectivity index (χ4n) is 2.66. The Kier molecular flexibility index (Phi) is 4.82. The molecule has 0 bridgehead atoms. The monoisotopic (exact) mass is 264 g/mol. The van der Waals surface area contributed by atoms with Crippen molar-refractivity contribution in [1.82, 2.24) is 14.7 Å². The van der Waals surface area contributed by atoms with Crippen LogP contribution >= 0.6 is 0 Å². The van der Waals surface area contributed by atoms with Crippen molar-refractivity contribution in [2.75, 3.05) is 18.8 Å². The minimum atomic E-state index is 0.316. The molecule has 0 spiro atoms. The van der Waals surface area contributed by atoms with E-state index in [1.165, 1.54) is 6.42 Å². The number of rotatable bonds is 5. The number of anilines is 1. The molecule has 0 aliphatic carbocycles. The predicted octanol–water partition coefficient (Wildman–Crippen LogP) is 1.89. The van der Waals surface area contributed by atoms with Crippen molar-refractivity contribution in [3.63, 3.8) is 0 Å². The van der Waals surface area contributed by atoms with E-state index in [0.717, 1.165) is 44.8 Å². The van der Waals surface area contributed by atoms with Crippen molar-refractivity contribution in [3.8, 4) is 0 Å². The Balaban J connectivity index is 1.76. The number of likely N-dealkylation sites (tertiary alicyclic amines) is 1. The van der Waals surface area contributed by atoms with Gasteiger partial charge in [0.2, 0.25) is 5.91 Å². The zero-order chi connectivity index (χ0) is 13.7. The van der Waals surface area contributed by atoms with E-state index >= 15 is 0 Å². The van der Waals surface area contributed by atoms with Gasteiger partial charge in [-0.1, -0.05) is 13.3 Å². The molecule has 1 fully saturated rings. The Bertz CT molecular complexity index is 415. The molecule has 1 aliphatic rings. The molecule has 1 aromatic heterocycles. The van der Waals surface area contributed by atoms with Crippen LogP contribution in [0.2, 0.25) is 0 Å². The lowest BCUT2D eigenvalue weighted by Gasteiger charge is -2.20. The van der Waals surface area contributed by atoms with Gasteiger partial charge in [0.05, 0.1) is 0 Å². The van der Waals surface area contributed by atoms with Gasteiger partial charge in [0.1, 0.15) is 5.82 Å². The summed E-state index contributed by atoms with van der Waals surface area (Å²) < 4.78 is 1.84. The molecule has 2 N–H and O–H groups in total. The Morgan fingerprint density at radius 2 is 2.26 bits per heavy atom. The minimum absolute atomic E-state index is 0.316. The average molecular weight is 264 g/mol. The number of aromatic nitrogens is 2. The Hall–Kier alpha value is -1.52. The highest BCUT2D eigenvalue weighted by Gasteiger charge is 2.20. The SMILES string of the molecule is CCC1CCC(=O)N(CCCn2ccc(N)n2)CC1. The zero-order valence-electron chi connectivity index (χ0n) is 11.7. The van der Waals surface area contributed by atoms with Gasteiger partial charge in [0.25, 0.3) is 0 Å². The molecule has 1 atom stereocenters. The Labute approximate surface area is 114 Å². The van der Waals surface area contributed by atoms with Crippen LogP contribution < -0.4 is 5.73 Å². The molecule has 2 rings (SSSR count). The summed E-state index contributed by atoms with van der Waals surface area (Å²) in [6.45, 7) is 4.78. The highest BCUT2D eigenvalue weighted by Crippen LogP contribution is 2.21. The summed E-state index contributed by atoms with van der Waals surface area (Å²) in [5, 5.41) is 4.15. The molecular formula is C14H24N4O. The second-order valence-electron chi connectivity index (χ2n) is 5.34. The number of nitrogens with zero attached hydrogens (tertiary/aromatic N) is 3. The fraction of sp³-hybridized carbons (Fsp3) is 0.714. The molecule has 1 amide bonds. The maximum absolute atomic E-state index is 12.0. The quantitative estimate of drug-likeness (QED) is 0.883. The van der Waals surface area contributed by atoms with Gasteiger partial charge in [-0.25, -0.2) is 0 Å². The van der Waals surface area contributed by atoms with Crippen molar-refractivity contribution >= 4 is 11.7 Å². The summed E-state index contributed by atoms with van der Waals surface area (Å²) in [5.41, 5.74) is 5.57.